The molecule has 0 aromatic heterocycles. The van der Waals surface area contributed by atoms with E-state index in [-0.39, 0.29) is 11.6 Å². The second-order valence-electron chi connectivity index (χ2n) is 6.26. The van der Waals surface area contributed by atoms with Crippen molar-refractivity contribution in [1.29, 1.82) is 0 Å². The molecule has 2 aliphatic rings. The van der Waals surface area contributed by atoms with E-state index >= 15 is 0 Å². The molecule has 1 aliphatic heterocycles. The third-order valence-electron chi connectivity index (χ3n) is 4.63. The Morgan fingerprint density at radius 3 is 2.50 bits per heavy atom. The van der Waals surface area contributed by atoms with Crippen molar-refractivity contribution >= 4 is 0 Å². The van der Waals surface area contributed by atoms with E-state index in [2.05, 4.69) is 49.4 Å². The van der Waals surface area contributed by atoms with Crippen LogP contribution < -0.4 is 10.5 Å². The van der Waals surface area contributed by atoms with Gasteiger partial charge in [0.05, 0.1) is 0 Å². The average molecular weight is 265 g/mol. The lowest BCUT2D eigenvalue weighted by molar-refractivity contribution is 0.0459. The second kappa shape index (κ2) is 4.10. The number of ether oxygens (including phenoxy) is 1. The molecule has 4 rings (SSSR count). The molecule has 2 N–H and O–H groups in total. The Morgan fingerprint density at radius 2 is 1.80 bits per heavy atom. The van der Waals surface area contributed by atoms with Gasteiger partial charge < -0.3 is 10.5 Å². The van der Waals surface area contributed by atoms with Crippen molar-refractivity contribution < 1.29 is 4.74 Å². The van der Waals surface area contributed by atoms with E-state index < -0.39 is 0 Å². The molecular weight excluding hydrogens is 246 g/mol. The third kappa shape index (κ3) is 1.75. The molecule has 2 aromatic carbocycles. The minimum absolute atomic E-state index is 0.0768. The van der Waals surface area contributed by atoms with Crippen molar-refractivity contribution in [3.05, 3.63) is 64.7 Å². The fraction of sp³-hybridized carbons (Fsp3) is 0.333. The Balaban J connectivity index is 1.73. The Labute approximate surface area is 119 Å². The summed E-state index contributed by atoms with van der Waals surface area (Å²) < 4.78 is 6.41. The minimum Gasteiger partial charge on any atom is -0.486 e. The van der Waals surface area contributed by atoms with Gasteiger partial charge in [0.15, 0.2) is 0 Å². The van der Waals surface area contributed by atoms with E-state index in [4.69, 9.17) is 10.5 Å². The summed E-state index contributed by atoms with van der Waals surface area (Å²) in [5, 5.41) is 0. The van der Waals surface area contributed by atoms with Crippen LogP contribution in [0.5, 0.6) is 5.75 Å². The van der Waals surface area contributed by atoms with E-state index in [1.165, 1.54) is 16.7 Å². The van der Waals surface area contributed by atoms with Crippen LogP contribution in [0.3, 0.4) is 0 Å². The molecule has 2 heteroatoms. The molecule has 1 spiro atoms. The Kier molecular flexibility index (Phi) is 2.45. The molecule has 0 saturated carbocycles. The van der Waals surface area contributed by atoms with Gasteiger partial charge in [-0.1, -0.05) is 42.0 Å². The molecule has 0 fully saturated rings. The number of fused-ring (bicyclic) bond motifs is 2. The zero-order valence-electron chi connectivity index (χ0n) is 11.7. The van der Waals surface area contributed by atoms with E-state index in [1.54, 1.807) is 0 Å². The normalized spacial score (nSPS) is 22.2. The first-order valence-corrected chi connectivity index (χ1v) is 7.27. The summed E-state index contributed by atoms with van der Waals surface area (Å²) in [6.07, 6.45) is 2.85. The molecule has 20 heavy (non-hydrogen) atoms. The van der Waals surface area contributed by atoms with Crippen molar-refractivity contribution in [3.63, 3.8) is 0 Å². The number of hydrogen-bond donors (Lipinski definition) is 1. The SMILES string of the molecule is Cc1ccc2c(c1)C(N)CC1(Cc3ccccc3C1)O2. The Hall–Kier alpha value is -1.80. The minimum atomic E-state index is -0.134. The van der Waals surface area contributed by atoms with Crippen LogP contribution in [0.15, 0.2) is 42.5 Å². The lowest BCUT2D eigenvalue weighted by Crippen LogP contribution is -2.43. The average Bonchev–Trinajstić information content (AvgIpc) is 2.77. The zero-order chi connectivity index (χ0) is 13.7. The van der Waals surface area contributed by atoms with Crippen LogP contribution in [0.1, 0.15) is 34.7 Å². The van der Waals surface area contributed by atoms with E-state index in [9.17, 15) is 0 Å². The topological polar surface area (TPSA) is 35.2 Å². The first-order valence-electron chi connectivity index (χ1n) is 7.27. The standard InChI is InChI=1S/C18H19NO/c1-12-6-7-17-15(8-12)16(19)11-18(20-17)9-13-4-2-3-5-14(13)10-18/h2-8,16H,9-11,19H2,1H3. The van der Waals surface area contributed by atoms with Crippen LogP contribution in [0.2, 0.25) is 0 Å². The van der Waals surface area contributed by atoms with Gasteiger partial charge in [0, 0.05) is 30.9 Å². The number of aryl methyl sites for hydroxylation is 1. The summed E-state index contributed by atoms with van der Waals surface area (Å²) in [6.45, 7) is 2.10. The summed E-state index contributed by atoms with van der Waals surface area (Å²) in [4.78, 5) is 0. The third-order valence-corrected chi connectivity index (χ3v) is 4.63. The molecule has 0 bridgehead atoms. The number of hydrogen-bond acceptors (Lipinski definition) is 2. The van der Waals surface area contributed by atoms with E-state index in [1.807, 2.05) is 0 Å². The molecule has 2 aromatic rings. The molecule has 1 unspecified atom stereocenters. The van der Waals surface area contributed by atoms with Gasteiger partial charge in [0.25, 0.3) is 0 Å². The quantitative estimate of drug-likeness (QED) is 0.793. The fourth-order valence-electron chi connectivity index (χ4n) is 3.71. The molecule has 1 heterocycles. The van der Waals surface area contributed by atoms with Crippen LogP contribution in [0, 0.1) is 6.92 Å². The van der Waals surface area contributed by atoms with Crippen LogP contribution in [0.4, 0.5) is 0 Å². The molecular formula is C18H19NO. The smallest absolute Gasteiger partial charge is 0.124 e. The second-order valence-corrected chi connectivity index (χ2v) is 6.26. The molecule has 1 aliphatic carbocycles. The lowest BCUT2D eigenvalue weighted by Gasteiger charge is -2.39. The zero-order valence-corrected chi connectivity index (χ0v) is 11.7. The number of rotatable bonds is 0. The predicted octanol–water partition coefficient (Wildman–Crippen LogP) is 3.31. The maximum atomic E-state index is 6.42. The van der Waals surface area contributed by atoms with Crippen molar-refractivity contribution in [3.8, 4) is 5.75 Å². The van der Waals surface area contributed by atoms with Crippen molar-refractivity contribution in [1.82, 2.24) is 0 Å². The first kappa shape index (κ1) is 12.0. The maximum Gasteiger partial charge on any atom is 0.124 e. The predicted molar refractivity (Wildman–Crippen MR) is 79.9 cm³/mol. The highest BCUT2D eigenvalue weighted by atomic mass is 16.5. The van der Waals surface area contributed by atoms with Gasteiger partial charge in [-0.2, -0.15) is 0 Å². The molecule has 1 atom stereocenters. The van der Waals surface area contributed by atoms with Gasteiger partial charge >= 0.3 is 0 Å². The fourth-order valence-corrected chi connectivity index (χ4v) is 3.71. The molecule has 0 radical (unpaired) electrons. The van der Waals surface area contributed by atoms with Gasteiger partial charge in [-0.3, -0.25) is 0 Å². The van der Waals surface area contributed by atoms with Gasteiger partial charge in [-0.15, -0.1) is 0 Å². The monoisotopic (exact) mass is 265 g/mol. The first-order chi connectivity index (χ1) is 9.65. The number of nitrogens with two attached hydrogens (primary N) is 1. The molecule has 0 saturated heterocycles. The van der Waals surface area contributed by atoms with Gasteiger partial charge in [-0.05, 0) is 24.1 Å². The summed E-state index contributed by atoms with van der Waals surface area (Å²) >= 11 is 0. The number of benzene rings is 2. The van der Waals surface area contributed by atoms with Crippen molar-refractivity contribution in [2.75, 3.05) is 0 Å². The van der Waals surface area contributed by atoms with Crippen molar-refractivity contribution in [2.45, 2.75) is 37.8 Å². The highest BCUT2D eigenvalue weighted by Gasteiger charge is 2.44. The molecule has 102 valence electrons. The van der Waals surface area contributed by atoms with Crippen LogP contribution >= 0.6 is 0 Å². The summed E-state index contributed by atoms with van der Waals surface area (Å²) in [5.74, 6) is 0.974. The van der Waals surface area contributed by atoms with Gasteiger partial charge in [0.1, 0.15) is 11.4 Å². The Bertz CT molecular complexity index is 652. The Morgan fingerprint density at radius 1 is 1.10 bits per heavy atom. The summed E-state index contributed by atoms with van der Waals surface area (Å²) in [6, 6.07) is 15.1. The molecule has 2 nitrogen and oxygen atoms in total. The summed E-state index contributed by atoms with van der Waals surface area (Å²) in [7, 11) is 0. The molecule has 0 amide bonds. The van der Waals surface area contributed by atoms with Crippen LogP contribution in [-0.2, 0) is 12.8 Å². The lowest BCUT2D eigenvalue weighted by atomic mass is 9.85. The van der Waals surface area contributed by atoms with E-state index in [0.29, 0.717) is 0 Å². The van der Waals surface area contributed by atoms with Crippen LogP contribution in [0.25, 0.3) is 0 Å². The largest absolute Gasteiger partial charge is 0.486 e. The van der Waals surface area contributed by atoms with Crippen LogP contribution in [-0.4, -0.2) is 5.60 Å². The maximum absolute atomic E-state index is 6.42. The highest BCUT2D eigenvalue weighted by molar-refractivity contribution is 5.44. The van der Waals surface area contributed by atoms with Gasteiger partial charge in [-0.25, -0.2) is 0 Å². The van der Waals surface area contributed by atoms with Crippen molar-refractivity contribution in [2.24, 2.45) is 5.73 Å². The summed E-state index contributed by atoms with van der Waals surface area (Å²) in [5.41, 5.74) is 11.5. The van der Waals surface area contributed by atoms with E-state index in [0.717, 1.165) is 30.6 Å². The van der Waals surface area contributed by atoms with Gasteiger partial charge in [0.2, 0.25) is 0 Å². The highest BCUT2D eigenvalue weighted by Crippen LogP contribution is 2.45.